The lowest BCUT2D eigenvalue weighted by molar-refractivity contribution is 0.416. The summed E-state index contributed by atoms with van der Waals surface area (Å²) < 4.78 is 33.1. The predicted octanol–water partition coefficient (Wildman–Crippen LogP) is 5.52. The lowest BCUT2D eigenvalue weighted by Gasteiger charge is -2.14. The normalized spacial score (nSPS) is 10.6. The van der Waals surface area contributed by atoms with Gasteiger partial charge in [-0.05, 0) is 37.6 Å². The van der Waals surface area contributed by atoms with Crippen molar-refractivity contribution < 1.29 is 13.5 Å². The van der Waals surface area contributed by atoms with E-state index in [-0.39, 0.29) is 17.5 Å². The van der Waals surface area contributed by atoms with Crippen LogP contribution in [0.3, 0.4) is 0 Å². The molecule has 1 aromatic heterocycles. The van der Waals surface area contributed by atoms with E-state index in [2.05, 4.69) is 20.6 Å². The number of halogens is 3. The second-order valence-corrected chi connectivity index (χ2v) is 6.27. The molecule has 2 N–H and O–H groups in total. The topological polar surface area (TPSA) is 59.1 Å². The van der Waals surface area contributed by atoms with Crippen LogP contribution in [0.4, 0.5) is 31.9 Å². The highest BCUT2D eigenvalue weighted by Crippen LogP contribution is 2.33. The molecule has 0 saturated carbocycles. The van der Waals surface area contributed by atoms with Crippen LogP contribution in [0.25, 0.3) is 0 Å². The van der Waals surface area contributed by atoms with Crippen molar-refractivity contribution in [1.29, 1.82) is 0 Å². The number of nitrogens with one attached hydrogen (secondary N) is 2. The van der Waals surface area contributed by atoms with Gasteiger partial charge in [-0.2, -0.15) is 4.98 Å². The number of ether oxygens (including phenoxy) is 1. The van der Waals surface area contributed by atoms with Crippen LogP contribution in [-0.2, 0) is 0 Å². The third kappa shape index (κ3) is 4.25. The fourth-order valence-electron chi connectivity index (χ4n) is 2.48. The molecule has 0 atom stereocenters. The zero-order chi connectivity index (χ0) is 19.6. The number of methoxy groups -OCH3 is 1. The Balaban J connectivity index is 1.94. The number of aromatic nitrogens is 2. The lowest BCUT2D eigenvalue weighted by atomic mass is 10.2. The number of aryl methyl sites for hydroxylation is 2. The van der Waals surface area contributed by atoms with Crippen LogP contribution in [0, 0.1) is 25.5 Å². The molecule has 0 bridgehead atoms. The summed E-state index contributed by atoms with van der Waals surface area (Å²) in [5.41, 5.74) is 1.80. The van der Waals surface area contributed by atoms with Gasteiger partial charge in [0.05, 0.1) is 12.8 Å². The molecule has 1 heterocycles. The molecule has 0 amide bonds. The third-order valence-electron chi connectivity index (χ3n) is 3.80. The molecular weight excluding hydrogens is 374 g/mol. The maximum Gasteiger partial charge on any atom is 0.229 e. The molecule has 140 valence electrons. The first-order valence-electron chi connectivity index (χ1n) is 8.05. The van der Waals surface area contributed by atoms with Crippen LogP contribution in [-0.4, -0.2) is 17.1 Å². The monoisotopic (exact) mass is 390 g/mol. The van der Waals surface area contributed by atoms with E-state index in [1.807, 2.05) is 6.92 Å². The van der Waals surface area contributed by atoms with Crippen molar-refractivity contribution in [2.75, 3.05) is 17.7 Å². The van der Waals surface area contributed by atoms with Gasteiger partial charge in [0.1, 0.15) is 28.9 Å². The zero-order valence-electron chi connectivity index (χ0n) is 14.9. The van der Waals surface area contributed by atoms with E-state index in [4.69, 9.17) is 16.3 Å². The Labute approximate surface area is 160 Å². The van der Waals surface area contributed by atoms with E-state index >= 15 is 0 Å². The SMILES string of the molecule is COc1cc(Cl)c(C)cc1Nc1nc(C)cc(Nc2c(F)cccc2F)n1. The number of para-hydroxylation sites is 1. The highest BCUT2D eigenvalue weighted by atomic mass is 35.5. The second-order valence-electron chi connectivity index (χ2n) is 5.87. The van der Waals surface area contributed by atoms with Crippen LogP contribution in [0.1, 0.15) is 11.3 Å². The molecule has 0 aliphatic heterocycles. The van der Waals surface area contributed by atoms with Gasteiger partial charge >= 0.3 is 0 Å². The van der Waals surface area contributed by atoms with Gasteiger partial charge < -0.3 is 15.4 Å². The molecule has 0 aliphatic carbocycles. The highest BCUT2D eigenvalue weighted by molar-refractivity contribution is 6.31. The first-order valence-corrected chi connectivity index (χ1v) is 8.43. The van der Waals surface area contributed by atoms with Gasteiger partial charge in [0.25, 0.3) is 0 Å². The van der Waals surface area contributed by atoms with E-state index in [1.54, 1.807) is 25.1 Å². The summed E-state index contributed by atoms with van der Waals surface area (Å²) in [4.78, 5) is 8.58. The third-order valence-corrected chi connectivity index (χ3v) is 4.20. The molecule has 0 unspecified atom stereocenters. The first-order chi connectivity index (χ1) is 12.9. The Hall–Kier alpha value is -2.93. The quantitative estimate of drug-likeness (QED) is 0.600. The van der Waals surface area contributed by atoms with E-state index in [1.165, 1.54) is 25.3 Å². The second kappa shape index (κ2) is 7.75. The molecule has 0 saturated heterocycles. The number of rotatable bonds is 5. The van der Waals surface area contributed by atoms with E-state index < -0.39 is 11.6 Å². The summed E-state index contributed by atoms with van der Waals surface area (Å²) in [7, 11) is 1.53. The Morgan fingerprint density at radius 2 is 1.70 bits per heavy atom. The molecule has 8 heteroatoms. The van der Waals surface area contributed by atoms with Gasteiger partial charge in [0.15, 0.2) is 0 Å². The Morgan fingerprint density at radius 1 is 1.00 bits per heavy atom. The molecule has 0 radical (unpaired) electrons. The largest absolute Gasteiger partial charge is 0.495 e. The lowest BCUT2D eigenvalue weighted by Crippen LogP contribution is -2.05. The minimum atomic E-state index is -0.712. The number of anilines is 4. The zero-order valence-corrected chi connectivity index (χ0v) is 15.7. The van der Waals surface area contributed by atoms with Crippen molar-refractivity contribution in [3.05, 3.63) is 64.3 Å². The number of benzene rings is 2. The molecule has 2 aromatic carbocycles. The summed E-state index contributed by atoms with van der Waals surface area (Å²) in [6, 6.07) is 8.70. The molecule has 27 heavy (non-hydrogen) atoms. The predicted molar refractivity (Wildman–Crippen MR) is 102 cm³/mol. The minimum absolute atomic E-state index is 0.245. The molecule has 3 rings (SSSR count). The van der Waals surface area contributed by atoms with Crippen molar-refractivity contribution in [2.45, 2.75) is 13.8 Å². The van der Waals surface area contributed by atoms with Gasteiger partial charge in [-0.1, -0.05) is 17.7 Å². The maximum absolute atomic E-state index is 13.9. The summed E-state index contributed by atoms with van der Waals surface area (Å²) in [6.07, 6.45) is 0. The standard InChI is InChI=1S/C19H17ClF2N4O/c1-10-7-15(16(27-3)9-12(10)20)24-19-23-11(2)8-17(26-19)25-18-13(21)5-4-6-14(18)22/h4-9H,1-3H3,(H2,23,24,25,26). The molecule has 0 spiro atoms. The summed E-state index contributed by atoms with van der Waals surface area (Å²) in [5.74, 6) is -0.412. The van der Waals surface area contributed by atoms with E-state index in [0.717, 1.165) is 5.56 Å². The Kier molecular flexibility index (Phi) is 5.41. The van der Waals surface area contributed by atoms with Crippen LogP contribution in [0.2, 0.25) is 5.02 Å². The fourth-order valence-corrected chi connectivity index (χ4v) is 2.64. The summed E-state index contributed by atoms with van der Waals surface area (Å²) >= 11 is 6.12. The average molecular weight is 391 g/mol. The van der Waals surface area contributed by atoms with Crippen molar-refractivity contribution in [1.82, 2.24) is 9.97 Å². The van der Waals surface area contributed by atoms with Gasteiger partial charge in [-0.25, -0.2) is 13.8 Å². The smallest absolute Gasteiger partial charge is 0.229 e. The number of hydrogen-bond acceptors (Lipinski definition) is 5. The summed E-state index contributed by atoms with van der Waals surface area (Å²) in [5, 5.41) is 6.29. The van der Waals surface area contributed by atoms with Crippen LogP contribution in [0.15, 0.2) is 36.4 Å². The van der Waals surface area contributed by atoms with Crippen molar-refractivity contribution >= 4 is 34.7 Å². The Bertz CT molecular complexity index is 977. The van der Waals surface area contributed by atoms with Crippen LogP contribution < -0.4 is 15.4 Å². The van der Waals surface area contributed by atoms with Gasteiger partial charge in [-0.15, -0.1) is 0 Å². The molecule has 3 aromatic rings. The van der Waals surface area contributed by atoms with E-state index in [9.17, 15) is 8.78 Å². The van der Waals surface area contributed by atoms with Crippen LogP contribution >= 0.6 is 11.6 Å². The average Bonchev–Trinajstić information content (AvgIpc) is 2.61. The van der Waals surface area contributed by atoms with Gasteiger partial charge in [0, 0.05) is 22.8 Å². The molecule has 0 aliphatic rings. The van der Waals surface area contributed by atoms with Crippen molar-refractivity contribution in [3.8, 4) is 5.75 Å². The summed E-state index contributed by atoms with van der Waals surface area (Å²) in [6.45, 7) is 3.61. The molecular formula is C19H17ClF2N4O. The highest BCUT2D eigenvalue weighted by Gasteiger charge is 2.12. The number of nitrogens with zero attached hydrogens (tertiary/aromatic N) is 2. The number of hydrogen-bond donors (Lipinski definition) is 2. The molecule has 0 fully saturated rings. The van der Waals surface area contributed by atoms with E-state index in [0.29, 0.717) is 22.2 Å². The first kappa shape index (κ1) is 18.8. The van der Waals surface area contributed by atoms with Gasteiger partial charge in [0.2, 0.25) is 5.95 Å². The minimum Gasteiger partial charge on any atom is -0.495 e. The van der Waals surface area contributed by atoms with Crippen molar-refractivity contribution in [2.24, 2.45) is 0 Å². The van der Waals surface area contributed by atoms with Crippen LogP contribution in [0.5, 0.6) is 5.75 Å². The fraction of sp³-hybridized carbons (Fsp3) is 0.158. The Morgan fingerprint density at radius 3 is 2.37 bits per heavy atom. The van der Waals surface area contributed by atoms with Gasteiger partial charge in [-0.3, -0.25) is 0 Å². The van der Waals surface area contributed by atoms with Crippen molar-refractivity contribution in [3.63, 3.8) is 0 Å². The molecule has 5 nitrogen and oxygen atoms in total. The maximum atomic E-state index is 13.9.